The van der Waals surface area contributed by atoms with Crippen LogP contribution in [0.4, 0.5) is 11.4 Å². The van der Waals surface area contributed by atoms with Crippen molar-refractivity contribution in [3.63, 3.8) is 0 Å². The number of likely N-dealkylation sites (N-methyl/N-ethyl adjacent to an activating group) is 1. The summed E-state index contributed by atoms with van der Waals surface area (Å²) >= 11 is 0. The van der Waals surface area contributed by atoms with Gasteiger partial charge in [-0.15, -0.1) is 0 Å². The Hall–Kier alpha value is -1.38. The van der Waals surface area contributed by atoms with Crippen LogP contribution in [0, 0.1) is 0 Å². The van der Waals surface area contributed by atoms with Gasteiger partial charge in [0.05, 0.1) is 18.0 Å². The largest absolute Gasteiger partial charge is 0.494 e. The van der Waals surface area contributed by atoms with Gasteiger partial charge in [-0.3, -0.25) is 0 Å². The molecule has 0 saturated heterocycles. The summed E-state index contributed by atoms with van der Waals surface area (Å²) in [6.45, 7) is 8.13. The van der Waals surface area contributed by atoms with Crippen molar-refractivity contribution in [1.82, 2.24) is 0 Å². The molecule has 88 valence electrons. The van der Waals surface area contributed by atoms with E-state index in [1.165, 1.54) is 5.69 Å². The molecule has 0 saturated carbocycles. The summed E-state index contributed by atoms with van der Waals surface area (Å²) in [7, 11) is 2.13. The van der Waals surface area contributed by atoms with Crippen LogP contribution in [0.1, 0.15) is 20.8 Å². The van der Waals surface area contributed by atoms with Crippen LogP contribution in [0.15, 0.2) is 18.2 Å². The Labute approximate surface area is 97.4 Å². The van der Waals surface area contributed by atoms with Crippen LogP contribution in [0.5, 0.6) is 5.75 Å². The molecule has 0 spiro atoms. The lowest BCUT2D eigenvalue weighted by Gasteiger charge is -2.40. The van der Waals surface area contributed by atoms with Crippen LogP contribution in [-0.2, 0) is 0 Å². The second-order valence-corrected chi connectivity index (χ2v) is 4.98. The molecule has 3 nitrogen and oxygen atoms in total. The lowest BCUT2D eigenvalue weighted by Crippen LogP contribution is -2.46. The first-order chi connectivity index (χ1) is 7.52. The van der Waals surface area contributed by atoms with E-state index in [1.807, 2.05) is 13.0 Å². The van der Waals surface area contributed by atoms with E-state index < -0.39 is 0 Å². The normalized spacial score (nSPS) is 17.6. The quantitative estimate of drug-likeness (QED) is 0.829. The Morgan fingerprint density at radius 2 is 2.19 bits per heavy atom. The van der Waals surface area contributed by atoms with Crippen LogP contribution in [0.25, 0.3) is 0 Å². The molecule has 0 bridgehead atoms. The van der Waals surface area contributed by atoms with Gasteiger partial charge in [0.2, 0.25) is 0 Å². The van der Waals surface area contributed by atoms with Gasteiger partial charge in [-0.05, 0) is 32.9 Å². The van der Waals surface area contributed by atoms with E-state index in [4.69, 9.17) is 4.74 Å². The Morgan fingerprint density at radius 1 is 1.44 bits per heavy atom. The van der Waals surface area contributed by atoms with Crippen LogP contribution in [0.3, 0.4) is 0 Å². The second-order valence-electron chi connectivity index (χ2n) is 4.98. The molecular weight excluding hydrogens is 200 g/mol. The van der Waals surface area contributed by atoms with Crippen molar-refractivity contribution in [3.8, 4) is 5.75 Å². The summed E-state index contributed by atoms with van der Waals surface area (Å²) in [4.78, 5) is 2.28. The van der Waals surface area contributed by atoms with Gasteiger partial charge in [-0.1, -0.05) is 0 Å². The van der Waals surface area contributed by atoms with Crippen LogP contribution < -0.4 is 15.0 Å². The SMILES string of the molecule is CCOc1ccc2c(c1)NC(C)(C)CN2C. The molecule has 2 rings (SSSR count). The van der Waals surface area contributed by atoms with Crippen molar-refractivity contribution in [3.05, 3.63) is 18.2 Å². The maximum atomic E-state index is 5.52. The monoisotopic (exact) mass is 220 g/mol. The Morgan fingerprint density at radius 3 is 2.88 bits per heavy atom. The zero-order chi connectivity index (χ0) is 11.8. The predicted molar refractivity (Wildman–Crippen MR) is 68.6 cm³/mol. The summed E-state index contributed by atoms with van der Waals surface area (Å²) < 4.78 is 5.52. The second kappa shape index (κ2) is 3.89. The molecule has 1 heterocycles. The number of ether oxygens (including phenoxy) is 1. The molecular formula is C13H20N2O. The zero-order valence-electron chi connectivity index (χ0n) is 10.5. The molecule has 0 fully saturated rings. The van der Waals surface area contributed by atoms with Crippen molar-refractivity contribution >= 4 is 11.4 Å². The molecule has 3 heteroatoms. The van der Waals surface area contributed by atoms with Crippen molar-refractivity contribution in [1.29, 1.82) is 0 Å². The first kappa shape index (κ1) is 11.1. The topological polar surface area (TPSA) is 24.5 Å². The predicted octanol–water partition coefficient (Wildman–Crippen LogP) is 2.73. The maximum absolute atomic E-state index is 5.52. The number of rotatable bonds is 2. The van der Waals surface area contributed by atoms with Crippen LogP contribution >= 0.6 is 0 Å². The fourth-order valence-corrected chi connectivity index (χ4v) is 2.29. The third kappa shape index (κ3) is 2.08. The van der Waals surface area contributed by atoms with Gasteiger partial charge in [0.25, 0.3) is 0 Å². The molecule has 0 radical (unpaired) electrons. The highest BCUT2D eigenvalue weighted by Gasteiger charge is 2.27. The molecule has 1 aromatic rings. The van der Waals surface area contributed by atoms with Crippen molar-refractivity contribution in [2.24, 2.45) is 0 Å². The third-order valence-electron chi connectivity index (χ3n) is 2.80. The molecule has 0 aliphatic carbocycles. The first-order valence-corrected chi connectivity index (χ1v) is 5.78. The molecule has 1 aliphatic rings. The average Bonchev–Trinajstić information content (AvgIpc) is 2.15. The Balaban J connectivity index is 2.34. The van der Waals surface area contributed by atoms with Gasteiger partial charge in [0.15, 0.2) is 0 Å². The van der Waals surface area contributed by atoms with Gasteiger partial charge in [0, 0.05) is 25.2 Å². The summed E-state index contributed by atoms with van der Waals surface area (Å²) in [6, 6.07) is 6.22. The summed E-state index contributed by atoms with van der Waals surface area (Å²) in [5.41, 5.74) is 2.50. The van der Waals surface area contributed by atoms with Gasteiger partial charge >= 0.3 is 0 Å². The molecule has 1 aromatic carbocycles. The molecule has 0 aromatic heterocycles. The highest BCUT2D eigenvalue weighted by Crippen LogP contribution is 2.36. The fraction of sp³-hybridized carbons (Fsp3) is 0.538. The number of nitrogens with one attached hydrogen (secondary N) is 1. The standard InChI is InChI=1S/C13H20N2O/c1-5-16-10-6-7-12-11(8-10)14-13(2,3)9-15(12)4/h6-8,14H,5,9H2,1-4H3. The van der Waals surface area contributed by atoms with Crippen molar-refractivity contribution < 1.29 is 4.74 Å². The van der Waals surface area contributed by atoms with Gasteiger partial charge in [0.1, 0.15) is 5.75 Å². The van der Waals surface area contributed by atoms with E-state index in [9.17, 15) is 0 Å². The van der Waals surface area contributed by atoms with Gasteiger partial charge < -0.3 is 15.0 Å². The van der Waals surface area contributed by atoms with Gasteiger partial charge in [-0.2, -0.15) is 0 Å². The van der Waals surface area contributed by atoms with Crippen molar-refractivity contribution in [2.45, 2.75) is 26.3 Å². The average molecular weight is 220 g/mol. The number of hydrogen-bond acceptors (Lipinski definition) is 3. The minimum atomic E-state index is 0.104. The number of nitrogens with zero attached hydrogens (tertiary/aromatic N) is 1. The van der Waals surface area contributed by atoms with E-state index in [0.29, 0.717) is 6.61 Å². The lowest BCUT2D eigenvalue weighted by atomic mass is 10.00. The highest BCUT2D eigenvalue weighted by molar-refractivity contribution is 5.74. The Bertz CT molecular complexity index is 388. The maximum Gasteiger partial charge on any atom is 0.121 e. The van der Waals surface area contributed by atoms with Crippen LogP contribution in [-0.4, -0.2) is 25.7 Å². The summed E-state index contributed by atoms with van der Waals surface area (Å²) in [6.07, 6.45) is 0. The van der Waals surface area contributed by atoms with E-state index in [2.05, 4.69) is 43.2 Å². The lowest BCUT2D eigenvalue weighted by molar-refractivity contribution is 0.340. The molecule has 16 heavy (non-hydrogen) atoms. The molecule has 0 unspecified atom stereocenters. The zero-order valence-corrected chi connectivity index (χ0v) is 10.5. The first-order valence-electron chi connectivity index (χ1n) is 5.78. The Kier molecular flexibility index (Phi) is 2.70. The van der Waals surface area contributed by atoms with Crippen LogP contribution in [0.2, 0.25) is 0 Å². The molecule has 1 aliphatic heterocycles. The highest BCUT2D eigenvalue weighted by atomic mass is 16.5. The minimum Gasteiger partial charge on any atom is -0.494 e. The number of benzene rings is 1. The van der Waals surface area contributed by atoms with E-state index in [-0.39, 0.29) is 5.54 Å². The smallest absolute Gasteiger partial charge is 0.121 e. The number of fused-ring (bicyclic) bond motifs is 1. The number of hydrogen-bond donors (Lipinski definition) is 1. The van der Waals surface area contributed by atoms with Crippen molar-refractivity contribution in [2.75, 3.05) is 30.4 Å². The van der Waals surface area contributed by atoms with E-state index >= 15 is 0 Å². The fourth-order valence-electron chi connectivity index (χ4n) is 2.29. The summed E-state index contributed by atoms with van der Waals surface area (Å²) in [5.74, 6) is 0.930. The molecule has 0 amide bonds. The van der Waals surface area contributed by atoms with Gasteiger partial charge in [-0.25, -0.2) is 0 Å². The van der Waals surface area contributed by atoms with E-state index in [0.717, 1.165) is 18.0 Å². The van der Waals surface area contributed by atoms with E-state index in [1.54, 1.807) is 0 Å². The molecule has 0 atom stereocenters. The third-order valence-corrected chi connectivity index (χ3v) is 2.80. The number of anilines is 2. The molecule has 1 N–H and O–H groups in total. The summed E-state index contributed by atoms with van der Waals surface area (Å²) in [5, 5.41) is 3.54. The minimum absolute atomic E-state index is 0.104.